The van der Waals surface area contributed by atoms with Gasteiger partial charge < -0.3 is 30.8 Å². The Bertz CT molecular complexity index is 1200. The van der Waals surface area contributed by atoms with Crippen LogP contribution in [0.1, 0.15) is 31.2 Å². The fraction of sp³-hybridized carbons (Fsp3) is 0.417. The SMILES string of the molecule is O=C(/C=C/c1cc2ccc(O)cc2oc1=O)NCCNC(=O)CCCC[C@@H]1SC[C@@H]2NC(=O)N[C@@H]21. The van der Waals surface area contributed by atoms with Gasteiger partial charge in [-0.15, -0.1) is 0 Å². The van der Waals surface area contributed by atoms with E-state index in [2.05, 4.69) is 21.3 Å². The second-order valence-corrected chi connectivity index (χ2v) is 9.83. The molecule has 4 rings (SSSR count). The molecule has 2 aromatic rings. The number of carbonyl (C=O) groups is 3. The van der Waals surface area contributed by atoms with Crippen molar-refractivity contribution in [1.82, 2.24) is 21.3 Å². The predicted octanol–water partition coefficient (Wildman–Crippen LogP) is 1.47. The molecule has 2 aliphatic rings. The number of fused-ring (bicyclic) bond motifs is 2. The molecule has 0 radical (unpaired) electrons. The molecule has 1 aromatic heterocycles. The number of phenols is 1. The molecular weight excluding hydrogens is 472 g/mol. The third kappa shape index (κ3) is 6.56. The van der Waals surface area contributed by atoms with Gasteiger partial charge in [0.15, 0.2) is 0 Å². The van der Waals surface area contributed by atoms with Crippen molar-refractivity contribution < 1.29 is 23.9 Å². The van der Waals surface area contributed by atoms with Gasteiger partial charge in [0.25, 0.3) is 0 Å². The third-order valence-corrected chi connectivity index (χ3v) is 7.50. The molecule has 35 heavy (non-hydrogen) atoms. The molecule has 11 heteroatoms. The highest BCUT2D eigenvalue weighted by molar-refractivity contribution is 8.00. The van der Waals surface area contributed by atoms with E-state index in [1.807, 2.05) is 11.8 Å². The first-order valence-corrected chi connectivity index (χ1v) is 12.6. The van der Waals surface area contributed by atoms with Crippen LogP contribution in [-0.4, -0.2) is 59.1 Å². The maximum atomic E-state index is 12.0. The monoisotopic (exact) mass is 500 g/mol. The number of rotatable bonds is 10. The van der Waals surface area contributed by atoms with Crippen LogP contribution in [-0.2, 0) is 9.59 Å². The van der Waals surface area contributed by atoms with E-state index in [-0.39, 0.29) is 47.5 Å². The van der Waals surface area contributed by atoms with Crippen LogP contribution in [0.5, 0.6) is 5.75 Å². The van der Waals surface area contributed by atoms with Crippen LogP contribution < -0.4 is 26.9 Å². The number of benzene rings is 1. The van der Waals surface area contributed by atoms with Gasteiger partial charge in [-0.3, -0.25) is 9.59 Å². The number of unbranched alkanes of at least 4 members (excludes halogenated alkanes) is 1. The second-order valence-electron chi connectivity index (χ2n) is 8.55. The summed E-state index contributed by atoms with van der Waals surface area (Å²) in [6.07, 6.45) is 5.65. The molecule has 1 aromatic carbocycles. The summed E-state index contributed by atoms with van der Waals surface area (Å²) in [4.78, 5) is 47.5. The fourth-order valence-corrected chi connectivity index (χ4v) is 5.75. The Morgan fingerprint density at radius 2 is 1.97 bits per heavy atom. The van der Waals surface area contributed by atoms with Crippen molar-refractivity contribution in [2.45, 2.75) is 43.0 Å². The second kappa shape index (κ2) is 11.3. The van der Waals surface area contributed by atoms with Crippen molar-refractivity contribution in [2.75, 3.05) is 18.8 Å². The fourth-order valence-electron chi connectivity index (χ4n) is 4.21. The van der Waals surface area contributed by atoms with E-state index in [0.29, 0.717) is 23.6 Å². The molecule has 2 saturated heterocycles. The van der Waals surface area contributed by atoms with E-state index < -0.39 is 11.5 Å². The first kappa shape index (κ1) is 24.6. The lowest BCUT2D eigenvalue weighted by Gasteiger charge is -2.16. The van der Waals surface area contributed by atoms with Gasteiger partial charge in [0.2, 0.25) is 11.8 Å². The number of urea groups is 1. The lowest BCUT2D eigenvalue weighted by molar-refractivity contribution is -0.121. The molecule has 0 unspecified atom stereocenters. The van der Waals surface area contributed by atoms with Crippen molar-refractivity contribution in [3.63, 3.8) is 0 Å². The summed E-state index contributed by atoms with van der Waals surface area (Å²) in [6.45, 7) is 0.564. The van der Waals surface area contributed by atoms with Crippen LogP contribution in [0.2, 0.25) is 0 Å². The molecule has 5 N–H and O–H groups in total. The highest BCUT2D eigenvalue weighted by atomic mass is 32.2. The molecular formula is C24H28N4O6S. The Morgan fingerprint density at radius 3 is 2.83 bits per heavy atom. The van der Waals surface area contributed by atoms with Crippen LogP contribution in [0, 0.1) is 0 Å². The van der Waals surface area contributed by atoms with Gasteiger partial charge in [-0.05, 0) is 37.1 Å². The van der Waals surface area contributed by atoms with Gasteiger partial charge in [0.05, 0.1) is 17.6 Å². The van der Waals surface area contributed by atoms with Crippen molar-refractivity contribution in [2.24, 2.45) is 0 Å². The summed E-state index contributed by atoms with van der Waals surface area (Å²) < 4.78 is 5.16. The molecule has 4 amide bonds. The molecule has 0 aliphatic carbocycles. The van der Waals surface area contributed by atoms with Gasteiger partial charge in [-0.25, -0.2) is 9.59 Å². The van der Waals surface area contributed by atoms with E-state index in [4.69, 9.17) is 4.42 Å². The van der Waals surface area contributed by atoms with Gasteiger partial charge in [-0.1, -0.05) is 6.42 Å². The zero-order valence-corrected chi connectivity index (χ0v) is 19.9. The molecule has 2 aliphatic heterocycles. The van der Waals surface area contributed by atoms with Crippen molar-refractivity contribution in [3.8, 4) is 5.75 Å². The number of nitrogens with one attached hydrogen (secondary N) is 4. The lowest BCUT2D eigenvalue weighted by atomic mass is 10.0. The van der Waals surface area contributed by atoms with Crippen LogP contribution in [0.15, 0.2) is 39.6 Å². The largest absolute Gasteiger partial charge is 0.508 e. The molecule has 3 heterocycles. The Morgan fingerprint density at radius 1 is 1.14 bits per heavy atom. The molecule has 0 saturated carbocycles. The summed E-state index contributed by atoms with van der Waals surface area (Å²) in [5.74, 6) is 0.457. The van der Waals surface area contributed by atoms with E-state index in [9.17, 15) is 24.3 Å². The number of hydrogen-bond acceptors (Lipinski definition) is 7. The smallest absolute Gasteiger partial charge is 0.343 e. The Labute approximate surface area is 205 Å². The summed E-state index contributed by atoms with van der Waals surface area (Å²) in [5, 5.41) is 21.8. The quantitative estimate of drug-likeness (QED) is 0.143. The molecule has 0 bridgehead atoms. The van der Waals surface area contributed by atoms with Gasteiger partial charge >= 0.3 is 11.7 Å². The number of aromatic hydroxyl groups is 1. The zero-order chi connectivity index (χ0) is 24.8. The standard InChI is InChI=1S/C24H28N4O6S/c29-16-7-5-14-11-15(23(32)34-18(14)12-16)6-8-21(31)26-10-9-25-20(30)4-2-1-3-19-22-17(13-35-19)27-24(33)28-22/h5-8,11-12,17,19,22,29H,1-4,9-10,13H2,(H,25,30)(H,26,31)(H2,27,28,33)/b8-6+/t17-,19-,22-/m0/s1. The minimum atomic E-state index is -0.615. The Hall–Kier alpha value is -3.47. The number of phenolic OH excluding ortho intramolecular Hbond substituents is 1. The third-order valence-electron chi connectivity index (χ3n) is 5.99. The average Bonchev–Trinajstić information content (AvgIpc) is 3.37. The number of hydrogen-bond donors (Lipinski definition) is 5. The maximum Gasteiger partial charge on any atom is 0.343 e. The van der Waals surface area contributed by atoms with Crippen LogP contribution >= 0.6 is 11.8 Å². The topological polar surface area (TPSA) is 150 Å². The highest BCUT2D eigenvalue weighted by Gasteiger charge is 2.42. The lowest BCUT2D eigenvalue weighted by Crippen LogP contribution is -2.36. The number of carbonyl (C=O) groups excluding carboxylic acids is 3. The Kier molecular flexibility index (Phi) is 7.96. The van der Waals surface area contributed by atoms with E-state index in [1.165, 1.54) is 24.3 Å². The van der Waals surface area contributed by atoms with Gasteiger partial charge in [0.1, 0.15) is 11.3 Å². The van der Waals surface area contributed by atoms with Crippen LogP contribution in [0.25, 0.3) is 17.0 Å². The summed E-state index contributed by atoms with van der Waals surface area (Å²) in [7, 11) is 0. The minimum Gasteiger partial charge on any atom is -0.508 e. The zero-order valence-electron chi connectivity index (χ0n) is 19.0. The normalized spacial score (nSPS) is 21.0. The first-order chi connectivity index (χ1) is 16.9. The van der Waals surface area contributed by atoms with Crippen molar-refractivity contribution >= 4 is 46.7 Å². The highest BCUT2D eigenvalue weighted by Crippen LogP contribution is 2.33. The van der Waals surface area contributed by atoms with Crippen molar-refractivity contribution in [1.29, 1.82) is 0 Å². The van der Waals surface area contributed by atoms with E-state index in [1.54, 1.807) is 12.1 Å². The van der Waals surface area contributed by atoms with E-state index in [0.717, 1.165) is 25.0 Å². The molecule has 186 valence electrons. The number of thioether (sulfide) groups is 1. The molecule has 2 fully saturated rings. The summed E-state index contributed by atoms with van der Waals surface area (Å²) in [5.41, 5.74) is -0.141. The average molecular weight is 501 g/mol. The summed E-state index contributed by atoms with van der Waals surface area (Å²) >= 11 is 1.86. The van der Waals surface area contributed by atoms with E-state index >= 15 is 0 Å². The molecule has 10 nitrogen and oxygen atoms in total. The van der Waals surface area contributed by atoms with Gasteiger partial charge in [0, 0.05) is 48.0 Å². The predicted molar refractivity (Wildman–Crippen MR) is 133 cm³/mol. The molecule has 0 spiro atoms. The maximum absolute atomic E-state index is 12.0. The minimum absolute atomic E-state index is 0.00495. The summed E-state index contributed by atoms with van der Waals surface area (Å²) in [6, 6.07) is 6.33. The molecule has 3 atom stereocenters. The Balaban J connectivity index is 1.10. The van der Waals surface area contributed by atoms with Crippen LogP contribution in [0.3, 0.4) is 0 Å². The number of amides is 4. The first-order valence-electron chi connectivity index (χ1n) is 11.6. The van der Waals surface area contributed by atoms with Gasteiger partial charge in [-0.2, -0.15) is 11.8 Å². The van der Waals surface area contributed by atoms with Crippen molar-refractivity contribution in [3.05, 3.63) is 46.3 Å². The van der Waals surface area contributed by atoms with Crippen LogP contribution in [0.4, 0.5) is 4.79 Å².